The average molecular weight is 430 g/mol. The van der Waals surface area contributed by atoms with Gasteiger partial charge in [0, 0.05) is 32.2 Å². The second-order valence-electron chi connectivity index (χ2n) is 7.79. The minimum atomic E-state index is -0.111. The van der Waals surface area contributed by atoms with E-state index in [4.69, 9.17) is 21.1 Å². The van der Waals surface area contributed by atoms with E-state index in [1.54, 1.807) is 0 Å². The lowest BCUT2D eigenvalue weighted by molar-refractivity contribution is 0.171. The molecule has 0 aromatic heterocycles. The molecule has 2 heterocycles. The summed E-state index contributed by atoms with van der Waals surface area (Å²) in [5.74, 6) is 1.28. The summed E-state index contributed by atoms with van der Waals surface area (Å²) in [7, 11) is 0. The van der Waals surface area contributed by atoms with E-state index in [0.717, 1.165) is 38.0 Å². The third-order valence-corrected chi connectivity index (χ3v) is 5.81. The number of benzene rings is 2. The molecular formula is C23H28ClN3O3. The number of hydrogen-bond donors (Lipinski definition) is 2. The van der Waals surface area contributed by atoms with Gasteiger partial charge < -0.3 is 20.1 Å². The minimum absolute atomic E-state index is 0.111. The fourth-order valence-corrected chi connectivity index (χ4v) is 4.23. The molecule has 0 aliphatic carbocycles. The molecule has 4 rings (SSSR count). The van der Waals surface area contributed by atoms with Crippen molar-refractivity contribution in [2.24, 2.45) is 0 Å². The van der Waals surface area contributed by atoms with Gasteiger partial charge in [0.25, 0.3) is 0 Å². The minimum Gasteiger partial charge on any atom is -0.486 e. The number of amides is 2. The Labute approximate surface area is 182 Å². The van der Waals surface area contributed by atoms with E-state index in [0.29, 0.717) is 42.7 Å². The summed E-state index contributed by atoms with van der Waals surface area (Å²) in [6, 6.07) is 14.4. The molecule has 7 heteroatoms. The number of rotatable bonds is 6. The predicted molar refractivity (Wildman–Crippen MR) is 117 cm³/mol. The number of likely N-dealkylation sites (tertiary alicyclic amines) is 1. The summed E-state index contributed by atoms with van der Waals surface area (Å²) < 4.78 is 11.1. The van der Waals surface area contributed by atoms with Crippen molar-refractivity contribution in [2.75, 3.05) is 32.8 Å². The van der Waals surface area contributed by atoms with Gasteiger partial charge in [-0.25, -0.2) is 4.79 Å². The molecule has 1 fully saturated rings. The highest BCUT2D eigenvalue weighted by atomic mass is 35.5. The van der Waals surface area contributed by atoms with Crippen LogP contribution in [0.3, 0.4) is 0 Å². The van der Waals surface area contributed by atoms with Crippen molar-refractivity contribution in [3.63, 3.8) is 0 Å². The van der Waals surface area contributed by atoms with Crippen molar-refractivity contribution >= 4 is 17.6 Å². The number of nitrogens with zero attached hydrogens (tertiary/aromatic N) is 1. The molecular weight excluding hydrogens is 402 g/mol. The van der Waals surface area contributed by atoms with Crippen molar-refractivity contribution in [3.05, 3.63) is 58.6 Å². The Morgan fingerprint density at radius 1 is 1.07 bits per heavy atom. The van der Waals surface area contributed by atoms with E-state index < -0.39 is 0 Å². The van der Waals surface area contributed by atoms with Crippen molar-refractivity contribution in [2.45, 2.75) is 31.8 Å². The van der Waals surface area contributed by atoms with Crippen molar-refractivity contribution in [1.29, 1.82) is 0 Å². The average Bonchev–Trinajstić information content (AvgIpc) is 2.76. The molecule has 0 radical (unpaired) electrons. The Morgan fingerprint density at radius 3 is 2.63 bits per heavy atom. The molecule has 1 saturated heterocycles. The first-order valence-corrected chi connectivity index (χ1v) is 10.9. The third-order valence-electron chi connectivity index (χ3n) is 5.53. The topological polar surface area (TPSA) is 62.8 Å². The largest absolute Gasteiger partial charge is 0.486 e. The summed E-state index contributed by atoms with van der Waals surface area (Å²) in [5, 5.41) is 6.60. The van der Waals surface area contributed by atoms with Gasteiger partial charge in [0.2, 0.25) is 0 Å². The smallest absolute Gasteiger partial charge is 0.315 e. The third kappa shape index (κ3) is 5.58. The van der Waals surface area contributed by atoms with E-state index in [2.05, 4.69) is 39.8 Å². The van der Waals surface area contributed by atoms with Gasteiger partial charge in [-0.15, -0.1) is 0 Å². The van der Waals surface area contributed by atoms with Gasteiger partial charge in [-0.05, 0) is 42.5 Å². The molecule has 0 saturated carbocycles. The van der Waals surface area contributed by atoms with Crippen molar-refractivity contribution in [1.82, 2.24) is 15.5 Å². The van der Waals surface area contributed by atoms with E-state index in [9.17, 15) is 4.79 Å². The van der Waals surface area contributed by atoms with Crippen LogP contribution in [0, 0.1) is 0 Å². The van der Waals surface area contributed by atoms with Gasteiger partial charge >= 0.3 is 6.03 Å². The fraction of sp³-hybridized carbons (Fsp3) is 0.435. The Bertz CT molecular complexity index is 854. The number of hydrogen-bond acceptors (Lipinski definition) is 4. The predicted octanol–water partition coefficient (Wildman–Crippen LogP) is 3.62. The van der Waals surface area contributed by atoms with Gasteiger partial charge in [0.05, 0.1) is 5.02 Å². The summed E-state index contributed by atoms with van der Waals surface area (Å²) in [6.07, 6.45) is 2.62. The van der Waals surface area contributed by atoms with Crippen LogP contribution in [0.15, 0.2) is 42.5 Å². The Balaban J connectivity index is 1.17. The molecule has 0 atom stereocenters. The van der Waals surface area contributed by atoms with Crippen LogP contribution in [0.25, 0.3) is 0 Å². The van der Waals surface area contributed by atoms with Crippen LogP contribution in [0.2, 0.25) is 5.02 Å². The second kappa shape index (κ2) is 10.0. The molecule has 2 amide bonds. The molecule has 2 aromatic rings. The summed E-state index contributed by atoms with van der Waals surface area (Å²) in [6.45, 7) is 4.54. The molecule has 2 aliphatic rings. The lowest BCUT2D eigenvalue weighted by Crippen LogP contribution is -2.48. The maximum Gasteiger partial charge on any atom is 0.315 e. The Hall–Kier alpha value is -2.44. The number of fused-ring (bicyclic) bond motifs is 1. The van der Waals surface area contributed by atoms with Crippen molar-refractivity contribution < 1.29 is 14.3 Å². The first-order chi connectivity index (χ1) is 14.7. The van der Waals surface area contributed by atoms with Crippen molar-refractivity contribution in [3.8, 4) is 11.5 Å². The quantitative estimate of drug-likeness (QED) is 0.736. The summed E-state index contributed by atoms with van der Waals surface area (Å²) in [4.78, 5) is 14.7. The Kier molecular flexibility index (Phi) is 6.97. The molecule has 2 aliphatic heterocycles. The van der Waals surface area contributed by atoms with Gasteiger partial charge in [0.15, 0.2) is 11.5 Å². The van der Waals surface area contributed by atoms with Gasteiger partial charge in [-0.3, -0.25) is 4.90 Å². The van der Waals surface area contributed by atoms with Gasteiger partial charge in [0.1, 0.15) is 13.2 Å². The van der Waals surface area contributed by atoms with Crippen LogP contribution in [0.1, 0.15) is 24.0 Å². The van der Waals surface area contributed by atoms with Gasteiger partial charge in [-0.2, -0.15) is 0 Å². The number of urea groups is 1. The van der Waals surface area contributed by atoms with Crippen LogP contribution in [0.5, 0.6) is 11.5 Å². The zero-order valence-corrected chi connectivity index (χ0v) is 17.8. The normalized spacial score (nSPS) is 16.8. The van der Waals surface area contributed by atoms with Crippen LogP contribution < -0.4 is 20.1 Å². The van der Waals surface area contributed by atoms with E-state index in [1.165, 1.54) is 5.56 Å². The van der Waals surface area contributed by atoms with E-state index in [1.807, 2.05) is 18.2 Å². The second-order valence-corrected chi connectivity index (χ2v) is 8.20. The number of carbonyl (C=O) groups is 1. The van der Waals surface area contributed by atoms with Crippen LogP contribution in [0.4, 0.5) is 4.79 Å². The highest BCUT2D eigenvalue weighted by Gasteiger charge is 2.21. The molecule has 0 bridgehead atoms. The Morgan fingerprint density at radius 2 is 1.83 bits per heavy atom. The fourth-order valence-electron chi connectivity index (χ4n) is 3.94. The zero-order chi connectivity index (χ0) is 20.8. The lowest BCUT2D eigenvalue weighted by Gasteiger charge is -2.32. The van der Waals surface area contributed by atoms with Crippen LogP contribution in [-0.2, 0) is 13.0 Å². The molecule has 0 unspecified atom stereocenters. The van der Waals surface area contributed by atoms with Gasteiger partial charge in [-0.1, -0.05) is 41.9 Å². The molecule has 30 heavy (non-hydrogen) atoms. The molecule has 160 valence electrons. The summed E-state index contributed by atoms with van der Waals surface area (Å²) >= 11 is 6.27. The highest BCUT2D eigenvalue weighted by Crippen LogP contribution is 2.38. The number of carbonyl (C=O) groups excluding carboxylic acids is 1. The standard InChI is InChI=1S/C23H28ClN3O3/c24-20-14-18(15-21-22(20)30-13-12-29-21)6-9-25-23(28)26-19-7-10-27(11-8-19)16-17-4-2-1-3-5-17/h1-5,14-15,19H,6-13,16H2,(H2,25,26,28). The molecule has 0 spiro atoms. The van der Waals surface area contributed by atoms with E-state index in [-0.39, 0.29) is 12.1 Å². The zero-order valence-electron chi connectivity index (χ0n) is 17.0. The van der Waals surface area contributed by atoms with E-state index >= 15 is 0 Å². The maximum atomic E-state index is 12.3. The van der Waals surface area contributed by atoms with Crippen LogP contribution >= 0.6 is 11.6 Å². The number of nitrogens with one attached hydrogen (secondary N) is 2. The first kappa shape index (κ1) is 20.8. The SMILES string of the molecule is O=C(NCCc1cc(Cl)c2c(c1)OCCO2)NC1CCN(Cc2ccccc2)CC1. The lowest BCUT2D eigenvalue weighted by atomic mass is 10.0. The van der Waals surface area contributed by atoms with Crippen LogP contribution in [-0.4, -0.2) is 49.8 Å². The maximum absolute atomic E-state index is 12.3. The summed E-state index contributed by atoms with van der Waals surface area (Å²) in [5.41, 5.74) is 2.35. The first-order valence-electron chi connectivity index (χ1n) is 10.6. The molecule has 2 aromatic carbocycles. The number of piperidine rings is 1. The number of halogens is 1. The molecule has 6 nitrogen and oxygen atoms in total. The highest BCUT2D eigenvalue weighted by molar-refractivity contribution is 6.32. The molecule has 2 N–H and O–H groups in total. The monoisotopic (exact) mass is 429 g/mol. The number of ether oxygens (including phenoxy) is 2.